The van der Waals surface area contributed by atoms with Gasteiger partial charge >= 0.3 is 0 Å². The van der Waals surface area contributed by atoms with Gasteiger partial charge in [-0.2, -0.15) is 0 Å². The van der Waals surface area contributed by atoms with Gasteiger partial charge in [0.05, 0.1) is 12.0 Å². The van der Waals surface area contributed by atoms with Crippen molar-refractivity contribution in [3.8, 4) is 0 Å². The Kier molecular flexibility index (Phi) is 3.26. The van der Waals surface area contributed by atoms with Crippen molar-refractivity contribution in [2.45, 2.75) is 32.4 Å². The molecule has 0 aromatic rings. The number of ether oxygens (including phenoxy) is 1. The number of amides is 1. The number of hydrogen-bond donors (Lipinski definition) is 1. The Morgan fingerprint density at radius 3 is 2.87 bits per heavy atom. The molecule has 4 nitrogen and oxygen atoms in total. The molecule has 2 fully saturated rings. The van der Waals surface area contributed by atoms with E-state index in [4.69, 9.17) is 4.74 Å². The summed E-state index contributed by atoms with van der Waals surface area (Å²) in [6.07, 6.45) is 0.987. The molecule has 15 heavy (non-hydrogen) atoms. The highest BCUT2D eigenvalue weighted by Crippen LogP contribution is 2.23. The number of rotatable bonds is 1. The third kappa shape index (κ3) is 2.32. The summed E-state index contributed by atoms with van der Waals surface area (Å²) in [5, 5.41) is 3.34. The van der Waals surface area contributed by atoms with E-state index in [1.54, 1.807) is 0 Å². The Hall–Kier alpha value is -0.610. The first-order valence-electron chi connectivity index (χ1n) is 5.82. The zero-order valence-electron chi connectivity index (χ0n) is 9.53. The van der Waals surface area contributed by atoms with E-state index in [9.17, 15) is 4.79 Å². The van der Waals surface area contributed by atoms with Gasteiger partial charge in [-0.1, -0.05) is 0 Å². The van der Waals surface area contributed by atoms with E-state index in [-0.39, 0.29) is 17.9 Å². The van der Waals surface area contributed by atoms with Crippen LogP contribution in [0.4, 0.5) is 0 Å². The van der Waals surface area contributed by atoms with Crippen LogP contribution in [0, 0.1) is 5.92 Å². The average molecular weight is 212 g/mol. The van der Waals surface area contributed by atoms with Crippen LogP contribution < -0.4 is 5.32 Å². The van der Waals surface area contributed by atoms with E-state index < -0.39 is 0 Å². The van der Waals surface area contributed by atoms with Crippen molar-refractivity contribution in [2.24, 2.45) is 5.92 Å². The van der Waals surface area contributed by atoms with Gasteiger partial charge in [-0.05, 0) is 20.3 Å². The molecule has 2 heterocycles. The smallest absolute Gasteiger partial charge is 0.228 e. The third-order valence-corrected chi connectivity index (χ3v) is 3.37. The fourth-order valence-corrected chi connectivity index (χ4v) is 2.42. The van der Waals surface area contributed by atoms with E-state index in [1.165, 1.54) is 0 Å². The average Bonchev–Trinajstić information content (AvgIpc) is 2.63. The van der Waals surface area contributed by atoms with E-state index in [0.717, 1.165) is 32.7 Å². The summed E-state index contributed by atoms with van der Waals surface area (Å²) in [4.78, 5) is 14.2. The summed E-state index contributed by atoms with van der Waals surface area (Å²) in [7, 11) is 0. The summed E-state index contributed by atoms with van der Waals surface area (Å²) in [6, 6.07) is 0.417. The Morgan fingerprint density at radius 2 is 2.27 bits per heavy atom. The maximum absolute atomic E-state index is 12.2. The van der Waals surface area contributed by atoms with Crippen LogP contribution in [-0.2, 0) is 9.53 Å². The van der Waals surface area contributed by atoms with Gasteiger partial charge in [0.15, 0.2) is 0 Å². The van der Waals surface area contributed by atoms with E-state index in [1.807, 2.05) is 11.8 Å². The normalized spacial score (nSPS) is 36.9. The lowest BCUT2D eigenvalue weighted by molar-refractivity contribution is -0.138. The molecule has 0 bridgehead atoms. The molecule has 4 heteroatoms. The zero-order valence-corrected chi connectivity index (χ0v) is 9.53. The van der Waals surface area contributed by atoms with E-state index in [2.05, 4.69) is 12.2 Å². The lowest BCUT2D eigenvalue weighted by atomic mass is 10.0. The van der Waals surface area contributed by atoms with Crippen molar-refractivity contribution in [3.63, 3.8) is 0 Å². The van der Waals surface area contributed by atoms with Crippen molar-refractivity contribution < 1.29 is 9.53 Å². The summed E-state index contributed by atoms with van der Waals surface area (Å²) in [6.45, 7) is 7.44. The van der Waals surface area contributed by atoms with Crippen LogP contribution in [0.15, 0.2) is 0 Å². The Balaban J connectivity index is 1.94. The van der Waals surface area contributed by atoms with Gasteiger partial charge in [-0.3, -0.25) is 4.79 Å². The Labute approximate surface area is 91.0 Å². The molecule has 0 aliphatic carbocycles. The van der Waals surface area contributed by atoms with Gasteiger partial charge < -0.3 is 15.0 Å². The highest BCUT2D eigenvalue weighted by molar-refractivity contribution is 5.79. The van der Waals surface area contributed by atoms with Gasteiger partial charge in [-0.25, -0.2) is 0 Å². The number of piperazine rings is 1. The second-order valence-electron chi connectivity index (χ2n) is 4.61. The molecule has 2 aliphatic rings. The van der Waals surface area contributed by atoms with E-state index in [0.29, 0.717) is 6.04 Å². The molecule has 2 rings (SSSR count). The lowest BCUT2D eigenvalue weighted by Crippen LogP contribution is -2.53. The molecule has 0 aromatic carbocycles. The highest BCUT2D eigenvalue weighted by Gasteiger charge is 2.34. The first kappa shape index (κ1) is 10.9. The highest BCUT2D eigenvalue weighted by atomic mass is 16.5. The minimum absolute atomic E-state index is 0.0929. The zero-order chi connectivity index (χ0) is 10.8. The number of carbonyl (C=O) groups excluding carboxylic acids is 1. The van der Waals surface area contributed by atoms with Gasteiger partial charge in [0.25, 0.3) is 0 Å². The topological polar surface area (TPSA) is 41.6 Å². The number of nitrogens with zero attached hydrogens (tertiary/aromatic N) is 1. The maximum atomic E-state index is 12.2. The summed E-state index contributed by atoms with van der Waals surface area (Å²) < 4.78 is 5.44. The molecule has 0 saturated carbocycles. The molecule has 3 atom stereocenters. The van der Waals surface area contributed by atoms with Crippen molar-refractivity contribution in [1.29, 1.82) is 0 Å². The number of nitrogens with one attached hydrogen (secondary N) is 1. The van der Waals surface area contributed by atoms with E-state index >= 15 is 0 Å². The van der Waals surface area contributed by atoms with Crippen LogP contribution in [0.25, 0.3) is 0 Å². The predicted octanol–water partition coefficient (Wildman–Crippen LogP) is 0.232. The van der Waals surface area contributed by atoms with Crippen LogP contribution in [0.2, 0.25) is 0 Å². The third-order valence-electron chi connectivity index (χ3n) is 3.37. The second-order valence-corrected chi connectivity index (χ2v) is 4.61. The fraction of sp³-hybridized carbons (Fsp3) is 0.909. The standard InChI is InChI=1S/C11H20N2O2/c1-8-7-13(5-4-12-8)11(14)10-3-6-15-9(10)2/h8-10,12H,3-7H2,1-2H3/t8-,9?,10?/m0/s1. The summed E-state index contributed by atoms with van der Waals surface area (Å²) >= 11 is 0. The molecular formula is C11H20N2O2. The molecule has 2 aliphatic heterocycles. The predicted molar refractivity (Wildman–Crippen MR) is 57.6 cm³/mol. The molecular weight excluding hydrogens is 192 g/mol. The van der Waals surface area contributed by atoms with Gasteiger partial charge in [-0.15, -0.1) is 0 Å². The van der Waals surface area contributed by atoms with Crippen LogP contribution >= 0.6 is 0 Å². The molecule has 1 N–H and O–H groups in total. The molecule has 2 unspecified atom stereocenters. The molecule has 86 valence electrons. The lowest BCUT2D eigenvalue weighted by Gasteiger charge is -2.34. The first-order valence-corrected chi connectivity index (χ1v) is 5.82. The molecule has 1 amide bonds. The minimum Gasteiger partial charge on any atom is -0.378 e. The number of hydrogen-bond acceptors (Lipinski definition) is 3. The van der Waals surface area contributed by atoms with Crippen LogP contribution in [-0.4, -0.2) is 49.2 Å². The monoisotopic (exact) mass is 212 g/mol. The second kappa shape index (κ2) is 4.49. The van der Waals surface area contributed by atoms with Gasteiger partial charge in [0.2, 0.25) is 5.91 Å². The fourth-order valence-electron chi connectivity index (χ4n) is 2.42. The minimum atomic E-state index is 0.0929. The molecule has 0 spiro atoms. The van der Waals surface area contributed by atoms with Crippen LogP contribution in [0.1, 0.15) is 20.3 Å². The van der Waals surface area contributed by atoms with Crippen molar-refractivity contribution in [1.82, 2.24) is 10.2 Å². The van der Waals surface area contributed by atoms with Gasteiger partial charge in [0.1, 0.15) is 0 Å². The van der Waals surface area contributed by atoms with Crippen LogP contribution in [0.3, 0.4) is 0 Å². The molecule has 0 radical (unpaired) electrons. The van der Waals surface area contributed by atoms with Crippen molar-refractivity contribution in [2.75, 3.05) is 26.2 Å². The summed E-state index contributed by atoms with van der Waals surface area (Å²) in [5.41, 5.74) is 0. The molecule has 0 aromatic heterocycles. The Morgan fingerprint density at radius 1 is 1.47 bits per heavy atom. The maximum Gasteiger partial charge on any atom is 0.228 e. The van der Waals surface area contributed by atoms with Crippen molar-refractivity contribution in [3.05, 3.63) is 0 Å². The summed E-state index contributed by atoms with van der Waals surface area (Å²) in [5.74, 6) is 0.378. The number of carbonyl (C=O) groups is 1. The van der Waals surface area contributed by atoms with Gasteiger partial charge in [0, 0.05) is 32.3 Å². The largest absolute Gasteiger partial charge is 0.378 e. The first-order chi connectivity index (χ1) is 7.18. The quantitative estimate of drug-likeness (QED) is 0.676. The SMILES string of the molecule is CC1OCCC1C(=O)N1CCN[C@@H](C)C1. The Bertz CT molecular complexity index is 245. The van der Waals surface area contributed by atoms with Crippen LogP contribution in [0.5, 0.6) is 0 Å². The molecule has 2 saturated heterocycles. The van der Waals surface area contributed by atoms with Crippen molar-refractivity contribution >= 4 is 5.91 Å².